The van der Waals surface area contributed by atoms with E-state index < -0.39 is 0 Å². The van der Waals surface area contributed by atoms with Crippen LogP contribution < -0.4 is 21.7 Å². The number of aromatic amines is 2. The van der Waals surface area contributed by atoms with Gasteiger partial charge in [-0.15, -0.1) is 0 Å². The smallest absolute Gasteiger partial charge is 0.251 e. The molecule has 0 bridgehead atoms. The number of nitrogens with one attached hydrogen (secondary N) is 5. The number of aromatic nitrogens is 2. The Bertz CT molecular complexity index is 843. The van der Waals surface area contributed by atoms with E-state index in [1.807, 2.05) is 24.3 Å². The third kappa shape index (κ3) is 6.12. The fraction of sp³-hybridized carbons (Fsp3) is 0.250. The van der Waals surface area contributed by atoms with Crippen LogP contribution in [0.25, 0.3) is 0 Å². The predicted molar refractivity (Wildman–Crippen MR) is 104 cm³/mol. The standard InChI is InChI=1S/C16H19N5O2S2/c1-9(2)10-3-5-11(6-4-10)17-16(25)21-20-14(23)8-12-7-13(22)19-15(24)18-12/h3-7,9H,8H2,1-2H3,(H,20,23)(H2,17,21,25)(H2,18,19,22,24). The first kappa shape index (κ1) is 18.8. The number of amides is 1. The summed E-state index contributed by atoms with van der Waals surface area (Å²) in [5.74, 6) is 0.0895. The van der Waals surface area contributed by atoms with E-state index in [9.17, 15) is 9.59 Å². The maximum absolute atomic E-state index is 11.9. The van der Waals surface area contributed by atoms with Crippen LogP contribution in [0.15, 0.2) is 35.1 Å². The number of carbonyl (C=O) groups is 1. The summed E-state index contributed by atoms with van der Waals surface area (Å²) in [6.45, 7) is 4.24. The van der Waals surface area contributed by atoms with Crippen molar-refractivity contribution in [3.8, 4) is 0 Å². The van der Waals surface area contributed by atoms with Gasteiger partial charge in [-0.05, 0) is 48.0 Å². The Hall–Kier alpha value is -2.52. The van der Waals surface area contributed by atoms with Crippen LogP contribution in [0.1, 0.15) is 31.0 Å². The minimum Gasteiger partial charge on any atom is -0.335 e. The second kappa shape index (κ2) is 8.54. The number of rotatable bonds is 4. The minimum atomic E-state index is -0.365. The number of H-pyrrole nitrogens is 2. The fourth-order valence-electron chi connectivity index (χ4n) is 2.07. The van der Waals surface area contributed by atoms with E-state index >= 15 is 0 Å². The third-order valence-electron chi connectivity index (χ3n) is 3.32. The highest BCUT2D eigenvalue weighted by Crippen LogP contribution is 2.16. The zero-order valence-electron chi connectivity index (χ0n) is 13.8. The average Bonchev–Trinajstić information content (AvgIpc) is 2.52. The molecule has 1 heterocycles. The van der Waals surface area contributed by atoms with Crippen molar-refractivity contribution in [1.82, 2.24) is 20.8 Å². The van der Waals surface area contributed by atoms with Gasteiger partial charge in [-0.2, -0.15) is 0 Å². The van der Waals surface area contributed by atoms with Crippen molar-refractivity contribution in [3.63, 3.8) is 0 Å². The van der Waals surface area contributed by atoms with Gasteiger partial charge in [-0.1, -0.05) is 26.0 Å². The first-order chi connectivity index (χ1) is 11.8. The van der Waals surface area contributed by atoms with Gasteiger partial charge in [0.25, 0.3) is 5.56 Å². The number of carbonyl (C=O) groups excluding carboxylic acids is 1. The maximum Gasteiger partial charge on any atom is 0.251 e. The molecule has 25 heavy (non-hydrogen) atoms. The summed E-state index contributed by atoms with van der Waals surface area (Å²) in [6.07, 6.45) is -0.0355. The van der Waals surface area contributed by atoms with Crippen LogP contribution in [-0.4, -0.2) is 21.0 Å². The van der Waals surface area contributed by atoms with Crippen LogP contribution in [0.5, 0.6) is 0 Å². The molecule has 1 aromatic heterocycles. The molecule has 1 amide bonds. The maximum atomic E-state index is 11.9. The van der Waals surface area contributed by atoms with E-state index in [4.69, 9.17) is 24.4 Å². The van der Waals surface area contributed by atoms with Crippen LogP contribution in [0.4, 0.5) is 5.69 Å². The van der Waals surface area contributed by atoms with Crippen LogP contribution in [0.2, 0.25) is 0 Å². The van der Waals surface area contributed by atoms with E-state index in [-0.39, 0.29) is 27.8 Å². The van der Waals surface area contributed by atoms with Crippen molar-refractivity contribution in [2.24, 2.45) is 0 Å². The summed E-state index contributed by atoms with van der Waals surface area (Å²) in [7, 11) is 0. The number of hydrogen-bond donors (Lipinski definition) is 5. The third-order valence-corrected chi connectivity index (χ3v) is 3.73. The molecule has 5 N–H and O–H groups in total. The lowest BCUT2D eigenvalue weighted by Crippen LogP contribution is -2.44. The van der Waals surface area contributed by atoms with Crippen molar-refractivity contribution >= 4 is 41.1 Å². The summed E-state index contributed by atoms with van der Waals surface area (Å²) in [5, 5.41) is 3.23. The summed E-state index contributed by atoms with van der Waals surface area (Å²) in [6, 6.07) is 9.15. The van der Waals surface area contributed by atoms with E-state index in [0.29, 0.717) is 11.6 Å². The molecule has 0 fully saturated rings. The fourth-order valence-corrected chi connectivity index (χ4v) is 2.47. The number of anilines is 1. The Morgan fingerprint density at radius 3 is 2.44 bits per heavy atom. The molecule has 2 aromatic rings. The molecule has 0 atom stereocenters. The van der Waals surface area contributed by atoms with Gasteiger partial charge < -0.3 is 10.3 Å². The van der Waals surface area contributed by atoms with Gasteiger partial charge in [0, 0.05) is 17.4 Å². The molecule has 0 radical (unpaired) electrons. The first-order valence-electron chi connectivity index (χ1n) is 7.62. The summed E-state index contributed by atoms with van der Waals surface area (Å²) < 4.78 is 0.172. The number of hydrazine groups is 1. The van der Waals surface area contributed by atoms with Crippen molar-refractivity contribution < 1.29 is 4.79 Å². The van der Waals surface area contributed by atoms with Crippen LogP contribution in [-0.2, 0) is 11.2 Å². The Morgan fingerprint density at radius 1 is 1.16 bits per heavy atom. The van der Waals surface area contributed by atoms with Gasteiger partial charge in [0.15, 0.2) is 9.88 Å². The zero-order chi connectivity index (χ0) is 18.4. The molecular formula is C16H19N5O2S2. The van der Waals surface area contributed by atoms with Crippen LogP contribution in [0.3, 0.4) is 0 Å². The molecule has 9 heteroatoms. The number of hydrogen-bond acceptors (Lipinski definition) is 4. The van der Waals surface area contributed by atoms with E-state index in [1.54, 1.807) is 0 Å². The van der Waals surface area contributed by atoms with Crippen molar-refractivity contribution in [3.05, 3.63) is 56.7 Å². The molecule has 2 rings (SSSR count). The van der Waals surface area contributed by atoms with Crippen molar-refractivity contribution in [2.45, 2.75) is 26.2 Å². The van der Waals surface area contributed by atoms with E-state index in [1.165, 1.54) is 11.6 Å². The molecule has 0 spiro atoms. The second-order valence-corrected chi connectivity index (χ2v) is 6.51. The normalized spacial score (nSPS) is 10.4. The molecule has 0 saturated heterocycles. The monoisotopic (exact) mass is 377 g/mol. The van der Waals surface area contributed by atoms with Gasteiger partial charge in [0.2, 0.25) is 5.91 Å². The van der Waals surface area contributed by atoms with Gasteiger partial charge in [-0.25, -0.2) is 0 Å². The van der Waals surface area contributed by atoms with Gasteiger partial charge >= 0.3 is 0 Å². The Kier molecular flexibility index (Phi) is 6.43. The number of benzene rings is 1. The second-order valence-electron chi connectivity index (χ2n) is 5.69. The summed E-state index contributed by atoms with van der Waals surface area (Å²) >= 11 is 9.98. The predicted octanol–water partition coefficient (Wildman–Crippen LogP) is 2.12. The van der Waals surface area contributed by atoms with E-state index in [2.05, 4.69) is 40.0 Å². The molecular weight excluding hydrogens is 358 g/mol. The minimum absolute atomic E-state index is 0.0355. The van der Waals surface area contributed by atoms with Crippen molar-refractivity contribution in [2.75, 3.05) is 5.32 Å². The first-order valence-corrected chi connectivity index (χ1v) is 8.43. The average molecular weight is 377 g/mol. The molecule has 1 aromatic carbocycles. The Labute approximate surface area is 155 Å². The Balaban J connectivity index is 1.83. The molecule has 0 unspecified atom stereocenters. The lowest BCUT2D eigenvalue weighted by atomic mass is 10.0. The van der Waals surface area contributed by atoms with Gasteiger partial charge in [-0.3, -0.25) is 25.4 Å². The zero-order valence-corrected chi connectivity index (χ0v) is 15.4. The SMILES string of the molecule is CC(C)c1ccc(NC(=S)NNC(=O)Cc2cc(=O)[nH]c(=S)[nH]2)cc1. The molecule has 7 nitrogen and oxygen atoms in total. The molecule has 0 aliphatic heterocycles. The summed E-state index contributed by atoms with van der Waals surface area (Å²) in [4.78, 5) is 28.3. The lowest BCUT2D eigenvalue weighted by Gasteiger charge is -2.12. The largest absolute Gasteiger partial charge is 0.335 e. The lowest BCUT2D eigenvalue weighted by molar-refractivity contribution is -0.121. The molecule has 0 saturated carbocycles. The Morgan fingerprint density at radius 2 is 1.84 bits per heavy atom. The molecule has 0 aliphatic rings. The topological polar surface area (TPSA) is 102 Å². The highest BCUT2D eigenvalue weighted by atomic mass is 32.1. The molecule has 132 valence electrons. The van der Waals surface area contributed by atoms with Gasteiger partial charge in [0.1, 0.15) is 0 Å². The van der Waals surface area contributed by atoms with Crippen LogP contribution >= 0.6 is 24.4 Å². The van der Waals surface area contributed by atoms with Crippen molar-refractivity contribution in [1.29, 1.82) is 0 Å². The quantitative estimate of drug-likeness (QED) is 0.413. The van der Waals surface area contributed by atoms with Crippen LogP contribution in [0, 0.1) is 4.77 Å². The van der Waals surface area contributed by atoms with Gasteiger partial charge in [0.05, 0.1) is 6.42 Å². The number of thiocarbonyl (C=S) groups is 1. The molecule has 0 aliphatic carbocycles. The highest BCUT2D eigenvalue weighted by molar-refractivity contribution is 7.80. The summed E-state index contributed by atoms with van der Waals surface area (Å²) in [5.41, 5.74) is 7.17. The van der Waals surface area contributed by atoms with E-state index in [0.717, 1.165) is 5.69 Å². The highest BCUT2D eigenvalue weighted by Gasteiger charge is 2.06.